The number of benzene rings is 1. The van der Waals surface area contributed by atoms with Gasteiger partial charge in [-0.2, -0.15) is 0 Å². The number of hydrogen-bond acceptors (Lipinski definition) is 1. The van der Waals surface area contributed by atoms with Crippen LogP contribution in [-0.2, 0) is 11.2 Å². The molecule has 0 aromatic heterocycles. The van der Waals surface area contributed by atoms with Crippen molar-refractivity contribution < 1.29 is 4.74 Å². The average molecular weight is 230 g/mol. The molecule has 0 saturated heterocycles. The Morgan fingerprint density at radius 3 is 2.76 bits per heavy atom. The second-order valence-corrected chi connectivity index (χ2v) is 4.77. The quantitative estimate of drug-likeness (QED) is 0.691. The minimum Gasteiger partial charge on any atom is -0.371 e. The van der Waals surface area contributed by atoms with Crippen LogP contribution in [0.15, 0.2) is 42.5 Å². The third kappa shape index (κ3) is 4.01. The van der Waals surface area contributed by atoms with E-state index < -0.39 is 0 Å². The molecule has 17 heavy (non-hydrogen) atoms. The highest BCUT2D eigenvalue weighted by molar-refractivity contribution is 5.15. The van der Waals surface area contributed by atoms with Gasteiger partial charge >= 0.3 is 0 Å². The second-order valence-electron chi connectivity index (χ2n) is 4.77. The van der Waals surface area contributed by atoms with Gasteiger partial charge in [0.15, 0.2) is 0 Å². The van der Waals surface area contributed by atoms with E-state index in [0.717, 1.165) is 19.3 Å². The summed E-state index contributed by atoms with van der Waals surface area (Å²) in [7, 11) is 0. The maximum absolute atomic E-state index is 6.06. The largest absolute Gasteiger partial charge is 0.371 e. The monoisotopic (exact) mass is 230 g/mol. The van der Waals surface area contributed by atoms with Crippen molar-refractivity contribution >= 4 is 0 Å². The predicted octanol–water partition coefficient (Wildman–Crippen LogP) is 4.13. The van der Waals surface area contributed by atoms with Crippen LogP contribution in [0.25, 0.3) is 0 Å². The predicted molar refractivity (Wildman–Crippen MR) is 72.1 cm³/mol. The maximum atomic E-state index is 6.06. The first-order valence-electron chi connectivity index (χ1n) is 6.74. The molecule has 1 aliphatic rings. The third-order valence-corrected chi connectivity index (χ3v) is 3.29. The molecule has 0 radical (unpaired) electrons. The summed E-state index contributed by atoms with van der Waals surface area (Å²) in [4.78, 5) is 0. The van der Waals surface area contributed by atoms with Crippen molar-refractivity contribution in [3.8, 4) is 0 Å². The smallest absolute Gasteiger partial charge is 0.0762 e. The zero-order valence-corrected chi connectivity index (χ0v) is 10.6. The van der Waals surface area contributed by atoms with Crippen molar-refractivity contribution in [2.45, 2.75) is 51.2 Å². The van der Waals surface area contributed by atoms with Crippen LogP contribution in [0.5, 0.6) is 0 Å². The van der Waals surface area contributed by atoms with Crippen molar-refractivity contribution in [2.24, 2.45) is 0 Å². The fourth-order valence-electron chi connectivity index (χ4n) is 2.36. The molecular weight excluding hydrogens is 208 g/mol. The van der Waals surface area contributed by atoms with Crippen LogP contribution >= 0.6 is 0 Å². The van der Waals surface area contributed by atoms with Gasteiger partial charge in [0, 0.05) is 0 Å². The Bertz CT molecular complexity index is 342. The van der Waals surface area contributed by atoms with E-state index in [0.29, 0.717) is 12.2 Å². The number of rotatable bonds is 5. The molecule has 0 N–H and O–H groups in total. The molecule has 0 amide bonds. The van der Waals surface area contributed by atoms with Gasteiger partial charge in [0.1, 0.15) is 0 Å². The molecule has 92 valence electrons. The summed E-state index contributed by atoms with van der Waals surface area (Å²) in [6.07, 6.45) is 11.0. The van der Waals surface area contributed by atoms with Crippen LogP contribution in [0.3, 0.4) is 0 Å². The molecule has 0 fully saturated rings. The summed E-state index contributed by atoms with van der Waals surface area (Å²) in [6.45, 7) is 2.22. The van der Waals surface area contributed by atoms with Gasteiger partial charge in [-0.15, -0.1) is 0 Å². The minimum atomic E-state index is 0.320. The first-order valence-corrected chi connectivity index (χ1v) is 6.74. The molecule has 1 nitrogen and oxygen atoms in total. The summed E-state index contributed by atoms with van der Waals surface area (Å²) >= 11 is 0. The van der Waals surface area contributed by atoms with Crippen LogP contribution in [0, 0.1) is 0 Å². The van der Waals surface area contributed by atoms with Gasteiger partial charge in [0.2, 0.25) is 0 Å². The summed E-state index contributed by atoms with van der Waals surface area (Å²) in [5.74, 6) is 0. The van der Waals surface area contributed by atoms with Gasteiger partial charge in [0.25, 0.3) is 0 Å². The lowest BCUT2D eigenvalue weighted by molar-refractivity contribution is -0.00210. The third-order valence-electron chi connectivity index (χ3n) is 3.29. The van der Waals surface area contributed by atoms with Gasteiger partial charge < -0.3 is 4.74 Å². The van der Waals surface area contributed by atoms with Crippen LogP contribution in [0.1, 0.15) is 38.2 Å². The molecule has 1 heterocycles. The molecule has 0 saturated carbocycles. The van der Waals surface area contributed by atoms with E-state index >= 15 is 0 Å². The Labute approximate surface area is 104 Å². The summed E-state index contributed by atoms with van der Waals surface area (Å²) in [5, 5.41) is 0. The van der Waals surface area contributed by atoms with E-state index in [2.05, 4.69) is 49.4 Å². The molecule has 1 heteroatoms. The molecule has 0 bridgehead atoms. The highest BCUT2D eigenvalue weighted by atomic mass is 16.5. The van der Waals surface area contributed by atoms with Gasteiger partial charge in [-0.05, 0) is 31.2 Å². The summed E-state index contributed by atoms with van der Waals surface area (Å²) < 4.78 is 6.06. The van der Waals surface area contributed by atoms with Crippen LogP contribution in [0.4, 0.5) is 0 Å². The molecule has 1 aromatic rings. The van der Waals surface area contributed by atoms with Crippen molar-refractivity contribution in [3.63, 3.8) is 0 Å². The first kappa shape index (κ1) is 12.4. The van der Waals surface area contributed by atoms with E-state index in [9.17, 15) is 0 Å². The fraction of sp³-hybridized carbons (Fsp3) is 0.500. The number of hydrogen-bond donors (Lipinski definition) is 0. The minimum absolute atomic E-state index is 0.320. The van der Waals surface area contributed by atoms with E-state index in [4.69, 9.17) is 4.74 Å². The van der Waals surface area contributed by atoms with Crippen LogP contribution in [-0.4, -0.2) is 12.2 Å². The Morgan fingerprint density at radius 2 is 2.00 bits per heavy atom. The summed E-state index contributed by atoms with van der Waals surface area (Å²) in [5.41, 5.74) is 1.40. The zero-order valence-electron chi connectivity index (χ0n) is 10.6. The molecule has 0 spiro atoms. The molecular formula is C16H22O. The number of aryl methyl sites for hydroxylation is 1. The fourth-order valence-corrected chi connectivity index (χ4v) is 2.36. The first-order chi connectivity index (χ1) is 8.38. The lowest BCUT2D eigenvalue weighted by Crippen LogP contribution is -2.24. The SMILES string of the molecule is CCC[C@@H]1CC=C[C@@H](CCc2ccccc2)O1. The maximum Gasteiger partial charge on any atom is 0.0762 e. The lowest BCUT2D eigenvalue weighted by atomic mass is 10.0. The Kier molecular flexibility index (Phi) is 4.81. The topological polar surface area (TPSA) is 9.23 Å². The highest BCUT2D eigenvalue weighted by Gasteiger charge is 2.16. The van der Waals surface area contributed by atoms with E-state index in [1.807, 2.05) is 0 Å². The summed E-state index contributed by atoms with van der Waals surface area (Å²) in [6, 6.07) is 10.7. The molecule has 1 aromatic carbocycles. The Morgan fingerprint density at radius 1 is 1.18 bits per heavy atom. The molecule has 0 aliphatic carbocycles. The Balaban J connectivity index is 1.79. The van der Waals surface area contributed by atoms with E-state index in [-0.39, 0.29) is 0 Å². The zero-order chi connectivity index (χ0) is 11.9. The van der Waals surface area contributed by atoms with E-state index in [1.165, 1.54) is 18.4 Å². The van der Waals surface area contributed by atoms with Crippen molar-refractivity contribution in [1.82, 2.24) is 0 Å². The lowest BCUT2D eigenvalue weighted by Gasteiger charge is -2.25. The van der Waals surface area contributed by atoms with Crippen molar-refractivity contribution in [3.05, 3.63) is 48.0 Å². The Hall–Kier alpha value is -1.08. The van der Waals surface area contributed by atoms with Gasteiger partial charge in [-0.25, -0.2) is 0 Å². The second kappa shape index (κ2) is 6.61. The van der Waals surface area contributed by atoms with Crippen LogP contribution < -0.4 is 0 Å². The van der Waals surface area contributed by atoms with Crippen molar-refractivity contribution in [1.29, 1.82) is 0 Å². The molecule has 0 unspecified atom stereocenters. The molecule has 2 rings (SSSR count). The van der Waals surface area contributed by atoms with Gasteiger partial charge in [0.05, 0.1) is 12.2 Å². The van der Waals surface area contributed by atoms with Gasteiger partial charge in [-0.1, -0.05) is 55.8 Å². The molecule has 1 aliphatic heterocycles. The molecule has 2 atom stereocenters. The normalized spacial score (nSPS) is 23.8. The number of ether oxygens (including phenoxy) is 1. The highest BCUT2D eigenvalue weighted by Crippen LogP contribution is 2.19. The van der Waals surface area contributed by atoms with Gasteiger partial charge in [-0.3, -0.25) is 0 Å². The van der Waals surface area contributed by atoms with Crippen LogP contribution in [0.2, 0.25) is 0 Å². The van der Waals surface area contributed by atoms with Crippen molar-refractivity contribution in [2.75, 3.05) is 0 Å². The average Bonchev–Trinajstić information content (AvgIpc) is 2.39. The van der Waals surface area contributed by atoms with E-state index in [1.54, 1.807) is 0 Å². The standard InChI is InChI=1S/C16H22O/c1-2-7-15-10-6-11-16(17-15)13-12-14-8-4-3-5-9-14/h3-6,8-9,11,15-16H,2,7,10,12-13H2,1H3/t15-,16+/m1/s1.